The van der Waals surface area contributed by atoms with Gasteiger partial charge in [-0.15, -0.1) is 11.3 Å². The standard InChI is InChI=1S/C19H28N2OS/c1-3-20-10-8-15(9-11-20)21(14-5-6-14)19(22)17-12-16(17)18-7-4-13(2)23-18/h4,7,14-17H,3,5-6,8-12H2,1-2H3/t16-,17-/m0/s1. The highest BCUT2D eigenvalue weighted by Gasteiger charge is 2.50. The van der Waals surface area contributed by atoms with E-state index in [0.29, 0.717) is 23.9 Å². The number of piperidine rings is 1. The van der Waals surface area contributed by atoms with E-state index in [0.717, 1.165) is 26.1 Å². The first-order valence-corrected chi connectivity index (χ1v) is 10.1. The predicted octanol–water partition coefficient (Wildman–Crippen LogP) is 3.64. The van der Waals surface area contributed by atoms with Crippen molar-refractivity contribution in [2.45, 2.75) is 64.0 Å². The molecule has 0 aromatic carbocycles. The first-order chi connectivity index (χ1) is 11.2. The molecule has 0 spiro atoms. The lowest BCUT2D eigenvalue weighted by atomic mass is 10.0. The van der Waals surface area contributed by atoms with Gasteiger partial charge in [0.2, 0.25) is 5.91 Å². The summed E-state index contributed by atoms with van der Waals surface area (Å²) >= 11 is 1.88. The summed E-state index contributed by atoms with van der Waals surface area (Å²) in [6.45, 7) is 7.87. The van der Waals surface area contributed by atoms with E-state index >= 15 is 0 Å². The van der Waals surface area contributed by atoms with E-state index in [2.05, 4.69) is 35.8 Å². The van der Waals surface area contributed by atoms with Crippen molar-refractivity contribution in [2.75, 3.05) is 19.6 Å². The van der Waals surface area contributed by atoms with E-state index in [1.165, 1.54) is 35.4 Å². The molecule has 0 N–H and O–H groups in total. The number of nitrogens with zero attached hydrogens (tertiary/aromatic N) is 2. The minimum absolute atomic E-state index is 0.276. The first-order valence-electron chi connectivity index (χ1n) is 9.28. The zero-order chi connectivity index (χ0) is 16.0. The molecule has 1 saturated heterocycles. The second kappa shape index (κ2) is 6.21. The molecule has 0 unspecified atom stereocenters. The molecule has 2 heterocycles. The van der Waals surface area contributed by atoms with Gasteiger partial charge in [0.15, 0.2) is 0 Å². The predicted molar refractivity (Wildman–Crippen MR) is 94.9 cm³/mol. The number of carbonyl (C=O) groups excluding carboxylic acids is 1. The van der Waals surface area contributed by atoms with Gasteiger partial charge in [0.1, 0.15) is 0 Å². The zero-order valence-electron chi connectivity index (χ0n) is 14.3. The van der Waals surface area contributed by atoms with Crippen LogP contribution in [0.25, 0.3) is 0 Å². The molecule has 2 saturated carbocycles. The van der Waals surface area contributed by atoms with Gasteiger partial charge in [0.25, 0.3) is 0 Å². The quantitative estimate of drug-likeness (QED) is 0.822. The van der Waals surface area contributed by atoms with Gasteiger partial charge in [0.05, 0.1) is 0 Å². The van der Waals surface area contributed by atoms with E-state index in [-0.39, 0.29) is 5.92 Å². The molecule has 3 fully saturated rings. The summed E-state index contributed by atoms with van der Waals surface area (Å²) < 4.78 is 0. The number of aryl methyl sites for hydroxylation is 1. The summed E-state index contributed by atoms with van der Waals surface area (Å²) in [5, 5.41) is 0. The third-order valence-corrected chi connectivity index (χ3v) is 6.96. The van der Waals surface area contributed by atoms with Crippen LogP contribution in [0.15, 0.2) is 12.1 Å². The van der Waals surface area contributed by atoms with Crippen molar-refractivity contribution >= 4 is 17.2 Å². The van der Waals surface area contributed by atoms with Crippen molar-refractivity contribution < 1.29 is 4.79 Å². The number of rotatable bonds is 5. The van der Waals surface area contributed by atoms with E-state index in [4.69, 9.17) is 0 Å². The lowest BCUT2D eigenvalue weighted by Gasteiger charge is -2.38. The Hall–Kier alpha value is -0.870. The van der Waals surface area contributed by atoms with Crippen molar-refractivity contribution in [3.05, 3.63) is 21.9 Å². The first kappa shape index (κ1) is 15.6. The summed E-state index contributed by atoms with van der Waals surface area (Å²) in [4.78, 5) is 20.8. The van der Waals surface area contributed by atoms with Crippen molar-refractivity contribution in [3.8, 4) is 0 Å². The van der Waals surface area contributed by atoms with Crippen molar-refractivity contribution in [1.29, 1.82) is 0 Å². The van der Waals surface area contributed by atoms with E-state index in [1.807, 2.05) is 11.3 Å². The Kier molecular flexibility index (Phi) is 4.22. The molecule has 4 rings (SSSR count). The van der Waals surface area contributed by atoms with Crippen LogP contribution >= 0.6 is 11.3 Å². The number of hydrogen-bond acceptors (Lipinski definition) is 3. The Morgan fingerprint density at radius 3 is 2.48 bits per heavy atom. The average Bonchev–Trinajstić information content (AvgIpc) is 3.48. The highest BCUT2D eigenvalue weighted by Crippen LogP contribution is 2.51. The van der Waals surface area contributed by atoms with Gasteiger partial charge >= 0.3 is 0 Å². The van der Waals surface area contributed by atoms with Gasteiger partial charge in [-0.25, -0.2) is 0 Å². The normalized spacial score (nSPS) is 28.8. The molecule has 4 heteroatoms. The van der Waals surface area contributed by atoms with Crippen molar-refractivity contribution in [3.63, 3.8) is 0 Å². The maximum Gasteiger partial charge on any atom is 0.226 e. The fraction of sp³-hybridized carbons (Fsp3) is 0.737. The number of amides is 1. The SMILES string of the molecule is CCN1CCC(N(C(=O)[C@H]2C[C@@H]2c2ccc(C)s2)C2CC2)CC1. The Labute approximate surface area is 143 Å². The van der Waals surface area contributed by atoms with Crippen LogP contribution in [-0.2, 0) is 4.79 Å². The maximum absolute atomic E-state index is 13.1. The van der Waals surface area contributed by atoms with E-state index in [1.54, 1.807) is 0 Å². The summed E-state index contributed by atoms with van der Waals surface area (Å²) in [5.74, 6) is 1.26. The van der Waals surface area contributed by atoms with E-state index < -0.39 is 0 Å². The van der Waals surface area contributed by atoms with Gasteiger partial charge in [-0.2, -0.15) is 0 Å². The topological polar surface area (TPSA) is 23.6 Å². The molecular weight excluding hydrogens is 304 g/mol. The van der Waals surface area contributed by atoms with Crippen LogP contribution in [0.3, 0.4) is 0 Å². The Morgan fingerprint density at radius 1 is 1.22 bits per heavy atom. The second-order valence-corrected chi connectivity index (χ2v) is 8.86. The van der Waals surface area contributed by atoms with Gasteiger partial charge in [0, 0.05) is 46.8 Å². The lowest BCUT2D eigenvalue weighted by Crippen LogP contribution is -2.49. The second-order valence-electron chi connectivity index (χ2n) is 7.54. The molecule has 3 nitrogen and oxygen atoms in total. The molecule has 2 aliphatic carbocycles. The number of carbonyl (C=O) groups is 1. The van der Waals surface area contributed by atoms with Crippen molar-refractivity contribution in [1.82, 2.24) is 9.80 Å². The summed E-state index contributed by atoms with van der Waals surface area (Å²) in [5.41, 5.74) is 0. The Morgan fingerprint density at radius 2 is 1.91 bits per heavy atom. The molecule has 1 aliphatic heterocycles. The Balaban J connectivity index is 1.41. The summed E-state index contributed by atoms with van der Waals surface area (Å²) in [6.07, 6.45) is 5.89. The molecule has 1 amide bonds. The fourth-order valence-corrected chi connectivity index (χ4v) is 5.21. The minimum atomic E-state index is 0.276. The molecule has 3 aliphatic rings. The maximum atomic E-state index is 13.1. The zero-order valence-corrected chi connectivity index (χ0v) is 15.1. The Bertz CT molecular complexity index is 572. The third-order valence-electron chi connectivity index (χ3n) is 5.83. The summed E-state index contributed by atoms with van der Waals surface area (Å²) in [6, 6.07) is 5.49. The van der Waals surface area contributed by atoms with Crippen molar-refractivity contribution in [2.24, 2.45) is 5.92 Å². The van der Waals surface area contributed by atoms with Gasteiger partial charge < -0.3 is 9.80 Å². The van der Waals surface area contributed by atoms with Crippen LogP contribution < -0.4 is 0 Å². The number of thiophene rings is 1. The van der Waals surface area contributed by atoms with Gasteiger partial charge in [-0.1, -0.05) is 6.92 Å². The fourth-order valence-electron chi connectivity index (χ4n) is 4.15. The van der Waals surface area contributed by atoms with Crippen LogP contribution in [-0.4, -0.2) is 47.4 Å². The molecule has 0 radical (unpaired) electrons. The molecule has 1 aromatic rings. The molecule has 2 atom stereocenters. The average molecular weight is 333 g/mol. The molecule has 1 aromatic heterocycles. The largest absolute Gasteiger partial charge is 0.336 e. The highest BCUT2D eigenvalue weighted by atomic mass is 32.1. The van der Waals surface area contributed by atoms with Gasteiger partial charge in [-0.3, -0.25) is 4.79 Å². The van der Waals surface area contributed by atoms with Gasteiger partial charge in [-0.05, 0) is 57.7 Å². The van der Waals surface area contributed by atoms with Crippen LogP contribution in [0, 0.1) is 12.8 Å². The smallest absolute Gasteiger partial charge is 0.226 e. The number of hydrogen-bond donors (Lipinski definition) is 0. The van der Waals surface area contributed by atoms with E-state index in [9.17, 15) is 4.79 Å². The number of likely N-dealkylation sites (tertiary alicyclic amines) is 1. The minimum Gasteiger partial charge on any atom is -0.336 e. The van der Waals surface area contributed by atoms with Crippen LogP contribution in [0.4, 0.5) is 0 Å². The third kappa shape index (κ3) is 3.20. The highest BCUT2D eigenvalue weighted by molar-refractivity contribution is 7.12. The van der Waals surface area contributed by atoms with Crippen LogP contribution in [0.2, 0.25) is 0 Å². The molecule has 23 heavy (non-hydrogen) atoms. The molecule has 0 bridgehead atoms. The van der Waals surface area contributed by atoms with Crippen LogP contribution in [0.5, 0.6) is 0 Å². The molecular formula is C19H28N2OS. The lowest BCUT2D eigenvalue weighted by molar-refractivity contribution is -0.136. The molecule has 126 valence electrons. The van der Waals surface area contributed by atoms with Crippen LogP contribution in [0.1, 0.15) is 54.7 Å². The summed E-state index contributed by atoms with van der Waals surface area (Å²) in [7, 11) is 0. The monoisotopic (exact) mass is 332 g/mol.